The highest BCUT2D eigenvalue weighted by atomic mass is 19.1. The zero-order chi connectivity index (χ0) is 14.4. The average Bonchev–Trinajstić information content (AvgIpc) is 2.93. The molecule has 0 aliphatic carbocycles. The molecule has 1 heterocycles. The molecule has 0 saturated heterocycles. The van der Waals surface area contributed by atoms with Gasteiger partial charge in [0.1, 0.15) is 0 Å². The zero-order valence-corrected chi connectivity index (χ0v) is 11.8. The highest BCUT2D eigenvalue weighted by Crippen LogP contribution is 2.26. The molecule has 0 bridgehead atoms. The Morgan fingerprint density at radius 1 is 1.35 bits per heavy atom. The van der Waals surface area contributed by atoms with Crippen LogP contribution >= 0.6 is 0 Å². The van der Waals surface area contributed by atoms with Gasteiger partial charge in [0.05, 0.1) is 13.3 Å². The van der Waals surface area contributed by atoms with Crippen molar-refractivity contribution in [3.8, 4) is 17.1 Å². The summed E-state index contributed by atoms with van der Waals surface area (Å²) in [6, 6.07) is 4.62. The molecule has 0 atom stereocenters. The third kappa shape index (κ3) is 3.57. The monoisotopic (exact) mass is 278 g/mol. The summed E-state index contributed by atoms with van der Waals surface area (Å²) in [6.45, 7) is 3.95. The van der Waals surface area contributed by atoms with Crippen molar-refractivity contribution in [3.05, 3.63) is 36.1 Å². The molecule has 0 fully saturated rings. The third-order valence-corrected chi connectivity index (χ3v) is 2.93. The van der Waals surface area contributed by atoms with Gasteiger partial charge < -0.3 is 14.5 Å². The van der Waals surface area contributed by atoms with E-state index in [9.17, 15) is 4.39 Å². The lowest BCUT2D eigenvalue weighted by atomic mass is 10.2. The van der Waals surface area contributed by atoms with Crippen LogP contribution in [0.2, 0.25) is 0 Å². The second kappa shape index (κ2) is 7.05. The molecular weight excluding hydrogens is 259 g/mol. The fourth-order valence-electron chi connectivity index (χ4n) is 1.87. The number of hydrogen-bond donors (Lipinski definition) is 1. The van der Waals surface area contributed by atoms with E-state index < -0.39 is 0 Å². The molecule has 20 heavy (non-hydrogen) atoms. The van der Waals surface area contributed by atoms with E-state index in [1.807, 2.05) is 0 Å². The van der Waals surface area contributed by atoms with Crippen molar-refractivity contribution in [1.82, 2.24) is 10.3 Å². The minimum Gasteiger partial charge on any atom is -0.494 e. The van der Waals surface area contributed by atoms with Crippen molar-refractivity contribution in [2.75, 3.05) is 20.2 Å². The van der Waals surface area contributed by atoms with Crippen LogP contribution < -0.4 is 10.1 Å². The SMILES string of the molecule is CCCNCCc1ncc(-c2ccc(F)c(OC)c2)o1. The van der Waals surface area contributed by atoms with Crippen LogP contribution in [0.5, 0.6) is 5.75 Å². The first-order chi connectivity index (χ1) is 9.74. The van der Waals surface area contributed by atoms with Crippen LogP contribution in [0.1, 0.15) is 19.2 Å². The van der Waals surface area contributed by atoms with Gasteiger partial charge in [-0.15, -0.1) is 0 Å². The van der Waals surface area contributed by atoms with Gasteiger partial charge in [-0.25, -0.2) is 9.37 Å². The summed E-state index contributed by atoms with van der Waals surface area (Å²) < 4.78 is 24.0. The van der Waals surface area contributed by atoms with Crippen molar-refractivity contribution >= 4 is 0 Å². The number of hydrogen-bond acceptors (Lipinski definition) is 4. The van der Waals surface area contributed by atoms with E-state index in [2.05, 4.69) is 17.2 Å². The Balaban J connectivity index is 2.04. The standard InChI is InChI=1S/C15H19FN2O2/c1-3-7-17-8-6-15-18-10-14(20-15)11-4-5-12(16)13(9-11)19-2/h4-5,9-10,17H,3,6-8H2,1-2H3. The Labute approximate surface area is 118 Å². The van der Waals surface area contributed by atoms with E-state index in [0.717, 1.165) is 31.5 Å². The van der Waals surface area contributed by atoms with Crippen LogP contribution in [0.3, 0.4) is 0 Å². The number of benzene rings is 1. The van der Waals surface area contributed by atoms with Gasteiger partial charge in [0.15, 0.2) is 23.2 Å². The van der Waals surface area contributed by atoms with Crippen molar-refractivity contribution in [2.45, 2.75) is 19.8 Å². The second-order valence-corrected chi connectivity index (χ2v) is 4.47. The number of halogens is 1. The van der Waals surface area contributed by atoms with Crippen molar-refractivity contribution < 1.29 is 13.5 Å². The Hall–Kier alpha value is -1.88. The number of aromatic nitrogens is 1. The fraction of sp³-hybridized carbons (Fsp3) is 0.400. The van der Waals surface area contributed by atoms with Crippen LogP contribution in [-0.4, -0.2) is 25.2 Å². The number of nitrogens with zero attached hydrogens (tertiary/aromatic N) is 1. The van der Waals surface area contributed by atoms with Gasteiger partial charge in [-0.3, -0.25) is 0 Å². The molecule has 0 aliphatic heterocycles. The Bertz CT molecular complexity index is 555. The first-order valence-corrected chi connectivity index (χ1v) is 6.74. The maximum absolute atomic E-state index is 13.4. The molecule has 5 heteroatoms. The lowest BCUT2D eigenvalue weighted by Gasteiger charge is -2.03. The first kappa shape index (κ1) is 14.5. The van der Waals surface area contributed by atoms with Gasteiger partial charge >= 0.3 is 0 Å². The van der Waals surface area contributed by atoms with Gasteiger partial charge in [-0.1, -0.05) is 6.92 Å². The summed E-state index contributed by atoms with van der Waals surface area (Å²) in [5.41, 5.74) is 0.753. The highest BCUT2D eigenvalue weighted by molar-refractivity contribution is 5.59. The largest absolute Gasteiger partial charge is 0.494 e. The van der Waals surface area contributed by atoms with Crippen LogP contribution in [0.15, 0.2) is 28.8 Å². The fourth-order valence-corrected chi connectivity index (χ4v) is 1.87. The number of oxazole rings is 1. The second-order valence-electron chi connectivity index (χ2n) is 4.47. The van der Waals surface area contributed by atoms with Crippen molar-refractivity contribution in [1.29, 1.82) is 0 Å². The summed E-state index contributed by atoms with van der Waals surface area (Å²) in [5, 5.41) is 3.29. The summed E-state index contributed by atoms with van der Waals surface area (Å²) >= 11 is 0. The molecule has 0 aliphatic rings. The quantitative estimate of drug-likeness (QED) is 0.791. The van der Waals surface area contributed by atoms with Crippen LogP contribution in [-0.2, 0) is 6.42 Å². The summed E-state index contributed by atoms with van der Waals surface area (Å²) in [5.74, 6) is 1.10. The van der Waals surface area contributed by atoms with E-state index >= 15 is 0 Å². The predicted octanol–water partition coefficient (Wildman–Crippen LogP) is 3.03. The maximum Gasteiger partial charge on any atom is 0.196 e. The minimum atomic E-state index is -0.389. The molecule has 0 saturated carbocycles. The molecule has 2 aromatic rings. The van der Waals surface area contributed by atoms with Crippen molar-refractivity contribution in [3.63, 3.8) is 0 Å². The normalized spacial score (nSPS) is 10.8. The maximum atomic E-state index is 13.4. The third-order valence-electron chi connectivity index (χ3n) is 2.93. The lowest BCUT2D eigenvalue weighted by Crippen LogP contribution is -2.17. The molecule has 0 unspecified atom stereocenters. The number of rotatable bonds is 7. The van der Waals surface area contributed by atoms with Crippen LogP contribution in [0.4, 0.5) is 4.39 Å². The van der Waals surface area contributed by atoms with E-state index in [1.54, 1.807) is 18.3 Å². The Morgan fingerprint density at radius 2 is 2.20 bits per heavy atom. The molecular formula is C15H19FN2O2. The predicted molar refractivity (Wildman–Crippen MR) is 75.3 cm³/mol. The molecule has 1 aromatic carbocycles. The van der Waals surface area contributed by atoms with E-state index in [4.69, 9.17) is 9.15 Å². The molecule has 1 aromatic heterocycles. The molecule has 0 radical (unpaired) electrons. The summed E-state index contributed by atoms with van der Waals surface area (Å²) in [7, 11) is 1.44. The molecule has 108 valence electrons. The van der Waals surface area contributed by atoms with Crippen molar-refractivity contribution in [2.24, 2.45) is 0 Å². The lowest BCUT2D eigenvalue weighted by molar-refractivity contribution is 0.386. The highest BCUT2D eigenvalue weighted by Gasteiger charge is 2.09. The average molecular weight is 278 g/mol. The van der Waals surface area contributed by atoms with Gasteiger partial charge in [-0.2, -0.15) is 0 Å². The van der Waals surface area contributed by atoms with Gasteiger partial charge in [0.25, 0.3) is 0 Å². The Morgan fingerprint density at radius 3 is 2.95 bits per heavy atom. The van der Waals surface area contributed by atoms with E-state index in [0.29, 0.717) is 11.7 Å². The number of methoxy groups -OCH3 is 1. The molecule has 4 nitrogen and oxygen atoms in total. The molecule has 2 rings (SSSR count). The van der Waals surface area contributed by atoms with E-state index in [-0.39, 0.29) is 11.6 Å². The molecule has 0 spiro atoms. The van der Waals surface area contributed by atoms with Crippen LogP contribution in [0, 0.1) is 5.82 Å². The summed E-state index contributed by atoms with van der Waals surface area (Å²) in [6.07, 6.45) is 3.49. The van der Waals surface area contributed by atoms with Gasteiger partial charge in [0, 0.05) is 18.5 Å². The number of ether oxygens (including phenoxy) is 1. The molecule has 0 amide bonds. The van der Waals surface area contributed by atoms with E-state index in [1.165, 1.54) is 13.2 Å². The first-order valence-electron chi connectivity index (χ1n) is 6.74. The zero-order valence-electron chi connectivity index (χ0n) is 11.8. The number of nitrogens with one attached hydrogen (secondary N) is 1. The topological polar surface area (TPSA) is 47.3 Å². The molecule has 1 N–H and O–H groups in total. The van der Waals surface area contributed by atoms with Crippen LogP contribution in [0.25, 0.3) is 11.3 Å². The smallest absolute Gasteiger partial charge is 0.196 e. The van der Waals surface area contributed by atoms with Gasteiger partial charge in [0.2, 0.25) is 0 Å². The minimum absolute atomic E-state index is 0.199. The summed E-state index contributed by atoms with van der Waals surface area (Å²) in [4.78, 5) is 4.23. The Kier molecular flexibility index (Phi) is 5.12. The van der Waals surface area contributed by atoms with Gasteiger partial charge in [-0.05, 0) is 31.2 Å².